The number of rotatable bonds is 1. The van der Waals surface area contributed by atoms with E-state index in [0.29, 0.717) is 0 Å². The summed E-state index contributed by atoms with van der Waals surface area (Å²) in [6, 6.07) is 6.29. The lowest BCUT2D eigenvalue weighted by molar-refractivity contribution is 0.0165. The molecule has 1 saturated carbocycles. The highest BCUT2D eigenvalue weighted by molar-refractivity contribution is 5.46. The van der Waals surface area contributed by atoms with Gasteiger partial charge in [-0.1, -0.05) is 31.5 Å². The molecule has 0 spiro atoms. The van der Waals surface area contributed by atoms with Crippen LogP contribution >= 0.6 is 0 Å². The molecule has 1 aliphatic carbocycles. The summed E-state index contributed by atoms with van der Waals surface area (Å²) in [6.07, 6.45) is 7.37. The Kier molecular flexibility index (Phi) is 3.53. The van der Waals surface area contributed by atoms with Crippen LogP contribution in [0.15, 0.2) is 18.2 Å². The van der Waals surface area contributed by atoms with E-state index in [-0.39, 0.29) is 0 Å². The van der Waals surface area contributed by atoms with E-state index in [2.05, 4.69) is 25.1 Å². The molecule has 0 bridgehead atoms. The van der Waals surface area contributed by atoms with Crippen molar-refractivity contribution in [1.82, 2.24) is 0 Å². The first-order chi connectivity index (χ1) is 9.19. The fraction of sp³-hybridized carbons (Fsp3) is 0.647. The molecule has 1 heterocycles. The van der Waals surface area contributed by atoms with Crippen LogP contribution in [0.3, 0.4) is 0 Å². The zero-order chi connectivity index (χ0) is 13.3. The van der Waals surface area contributed by atoms with Crippen LogP contribution in [0.25, 0.3) is 0 Å². The minimum absolute atomic E-state index is 0.673. The molecule has 19 heavy (non-hydrogen) atoms. The highest BCUT2D eigenvalue weighted by Crippen LogP contribution is 2.43. The molecule has 104 valence electrons. The van der Waals surface area contributed by atoms with Gasteiger partial charge in [-0.25, -0.2) is 0 Å². The number of para-hydroxylation sites is 1. The number of benzene rings is 1. The van der Waals surface area contributed by atoms with Gasteiger partial charge in [0.25, 0.3) is 0 Å². The van der Waals surface area contributed by atoms with Gasteiger partial charge < -0.3 is 9.84 Å². The summed E-state index contributed by atoms with van der Waals surface area (Å²) >= 11 is 0. The zero-order valence-corrected chi connectivity index (χ0v) is 11.8. The topological polar surface area (TPSA) is 29.5 Å². The Bertz CT molecular complexity index is 455. The minimum atomic E-state index is -0.673. The van der Waals surface area contributed by atoms with E-state index >= 15 is 0 Å². The summed E-state index contributed by atoms with van der Waals surface area (Å²) in [6.45, 7) is 3.08. The van der Waals surface area contributed by atoms with Crippen LogP contribution in [0.4, 0.5) is 0 Å². The van der Waals surface area contributed by atoms with E-state index in [0.717, 1.165) is 62.4 Å². The summed E-state index contributed by atoms with van der Waals surface area (Å²) in [5.74, 6) is 1.71. The molecule has 2 heteroatoms. The van der Waals surface area contributed by atoms with Crippen molar-refractivity contribution in [3.63, 3.8) is 0 Å². The molecule has 2 aliphatic rings. The smallest absolute Gasteiger partial charge is 0.128 e. The Morgan fingerprint density at radius 3 is 3.00 bits per heavy atom. The first kappa shape index (κ1) is 13.0. The van der Waals surface area contributed by atoms with Gasteiger partial charge in [0.1, 0.15) is 5.75 Å². The highest BCUT2D eigenvalue weighted by Gasteiger charge is 2.35. The monoisotopic (exact) mass is 260 g/mol. The van der Waals surface area contributed by atoms with Gasteiger partial charge in [-0.05, 0) is 50.0 Å². The van der Waals surface area contributed by atoms with Crippen LogP contribution in [0.2, 0.25) is 0 Å². The maximum Gasteiger partial charge on any atom is 0.128 e. The number of hydrogen-bond donors (Lipinski definition) is 1. The minimum Gasteiger partial charge on any atom is -0.493 e. The molecule has 0 aromatic heterocycles. The van der Waals surface area contributed by atoms with Crippen LogP contribution in [-0.4, -0.2) is 11.7 Å². The molecule has 1 aromatic rings. The van der Waals surface area contributed by atoms with Crippen molar-refractivity contribution in [3.8, 4) is 5.75 Å². The molecule has 0 amide bonds. The third kappa shape index (κ3) is 2.51. The quantitative estimate of drug-likeness (QED) is 0.778. The van der Waals surface area contributed by atoms with E-state index in [1.807, 2.05) is 0 Å². The molecule has 1 N–H and O–H groups in total. The van der Waals surface area contributed by atoms with Gasteiger partial charge in [-0.3, -0.25) is 0 Å². The summed E-state index contributed by atoms with van der Waals surface area (Å²) < 4.78 is 5.88. The molecule has 1 aliphatic heterocycles. The lowest BCUT2D eigenvalue weighted by Gasteiger charge is -2.31. The predicted molar refractivity (Wildman–Crippen MR) is 76.4 cm³/mol. The van der Waals surface area contributed by atoms with Crippen LogP contribution in [-0.2, 0) is 12.0 Å². The molecule has 1 fully saturated rings. The largest absolute Gasteiger partial charge is 0.493 e. The Hall–Kier alpha value is -1.02. The maximum absolute atomic E-state index is 11.1. The zero-order valence-electron chi connectivity index (χ0n) is 11.8. The van der Waals surface area contributed by atoms with E-state index in [9.17, 15) is 5.11 Å². The van der Waals surface area contributed by atoms with E-state index in [4.69, 9.17) is 4.74 Å². The lowest BCUT2D eigenvalue weighted by Crippen LogP contribution is -2.27. The fourth-order valence-electron chi connectivity index (χ4n) is 3.52. The van der Waals surface area contributed by atoms with E-state index < -0.39 is 5.60 Å². The summed E-state index contributed by atoms with van der Waals surface area (Å²) in [5, 5.41) is 11.1. The first-order valence-electron chi connectivity index (χ1n) is 7.66. The third-order valence-corrected chi connectivity index (χ3v) is 4.77. The second-order valence-corrected chi connectivity index (χ2v) is 6.31. The average molecular weight is 260 g/mol. The van der Waals surface area contributed by atoms with Crippen LogP contribution < -0.4 is 4.74 Å². The molecule has 0 radical (unpaired) electrons. The predicted octanol–water partition coefficient (Wildman–Crippen LogP) is 3.80. The Balaban J connectivity index is 1.96. The highest BCUT2D eigenvalue weighted by atomic mass is 16.5. The van der Waals surface area contributed by atoms with Gasteiger partial charge in [-0.2, -0.15) is 0 Å². The summed E-state index contributed by atoms with van der Waals surface area (Å²) in [5.41, 5.74) is 1.64. The van der Waals surface area contributed by atoms with Gasteiger partial charge in [0.15, 0.2) is 0 Å². The van der Waals surface area contributed by atoms with Crippen molar-refractivity contribution in [1.29, 1.82) is 0 Å². The molecule has 0 saturated heterocycles. The third-order valence-electron chi connectivity index (χ3n) is 4.77. The normalized spacial score (nSPS) is 31.2. The van der Waals surface area contributed by atoms with Gasteiger partial charge >= 0.3 is 0 Å². The van der Waals surface area contributed by atoms with Crippen molar-refractivity contribution < 1.29 is 9.84 Å². The number of hydrogen-bond acceptors (Lipinski definition) is 2. The SMILES string of the molecule is CC1CCCC(O)(c2cccc3c2OCCC3)CC1. The van der Waals surface area contributed by atoms with Gasteiger partial charge in [0.05, 0.1) is 12.2 Å². The van der Waals surface area contributed by atoms with Crippen molar-refractivity contribution in [3.05, 3.63) is 29.3 Å². The first-order valence-corrected chi connectivity index (χ1v) is 7.66. The van der Waals surface area contributed by atoms with Crippen molar-refractivity contribution in [2.45, 2.75) is 57.5 Å². The Morgan fingerprint density at radius 1 is 1.21 bits per heavy atom. The molecule has 3 rings (SSSR count). The molecule has 2 unspecified atom stereocenters. The summed E-state index contributed by atoms with van der Waals surface area (Å²) in [4.78, 5) is 0. The molecule has 2 atom stereocenters. The van der Waals surface area contributed by atoms with Gasteiger partial charge in [0, 0.05) is 5.56 Å². The maximum atomic E-state index is 11.1. The van der Waals surface area contributed by atoms with E-state index in [1.165, 1.54) is 12.0 Å². The van der Waals surface area contributed by atoms with Crippen molar-refractivity contribution in [2.75, 3.05) is 6.61 Å². The fourth-order valence-corrected chi connectivity index (χ4v) is 3.52. The van der Waals surface area contributed by atoms with Crippen LogP contribution in [0, 0.1) is 5.92 Å². The van der Waals surface area contributed by atoms with Crippen molar-refractivity contribution >= 4 is 0 Å². The number of fused-ring (bicyclic) bond motifs is 1. The molecule has 1 aromatic carbocycles. The van der Waals surface area contributed by atoms with Gasteiger partial charge in [-0.15, -0.1) is 0 Å². The molecular formula is C17H24O2. The number of ether oxygens (including phenoxy) is 1. The summed E-state index contributed by atoms with van der Waals surface area (Å²) in [7, 11) is 0. The Labute approximate surface area is 115 Å². The average Bonchev–Trinajstić information content (AvgIpc) is 2.61. The standard InChI is InChI=1S/C17H24O2/c1-13-5-3-10-17(18,11-9-13)15-8-2-6-14-7-4-12-19-16(14)15/h2,6,8,13,18H,3-5,7,9-12H2,1H3. The van der Waals surface area contributed by atoms with Crippen molar-refractivity contribution in [2.24, 2.45) is 5.92 Å². The number of aliphatic hydroxyl groups is 1. The Morgan fingerprint density at radius 2 is 2.11 bits per heavy atom. The van der Waals surface area contributed by atoms with E-state index in [1.54, 1.807) is 0 Å². The lowest BCUT2D eigenvalue weighted by atomic mass is 9.84. The molecular weight excluding hydrogens is 236 g/mol. The van der Waals surface area contributed by atoms with Crippen LogP contribution in [0.1, 0.15) is 56.6 Å². The second-order valence-electron chi connectivity index (χ2n) is 6.31. The molecule has 2 nitrogen and oxygen atoms in total. The van der Waals surface area contributed by atoms with Crippen LogP contribution in [0.5, 0.6) is 5.75 Å². The second kappa shape index (κ2) is 5.16. The number of aryl methyl sites for hydroxylation is 1. The van der Waals surface area contributed by atoms with Gasteiger partial charge in [0.2, 0.25) is 0 Å².